The molecule has 0 bridgehead atoms. The molecule has 1 amide bonds. The van der Waals surface area contributed by atoms with E-state index in [1.54, 1.807) is 20.8 Å². The summed E-state index contributed by atoms with van der Waals surface area (Å²) in [5.41, 5.74) is -4.09. The summed E-state index contributed by atoms with van der Waals surface area (Å²) in [6.45, 7) is 5.45. The second-order valence-electron chi connectivity index (χ2n) is 8.20. The first-order chi connectivity index (χ1) is 11.9. The lowest BCUT2D eigenvalue weighted by atomic mass is 9.69. The molecule has 1 rings (SSSR count). The molecule has 10 heteroatoms. The van der Waals surface area contributed by atoms with Crippen molar-refractivity contribution >= 4 is 5.91 Å². The SMILES string of the molecule is CCC(C)(C)C(=O)NC1CC(C(O)C(F)(F)F)CC(C(C)(O)C(F)(F)F)C1. The fourth-order valence-electron chi connectivity index (χ4n) is 3.24. The number of carbonyl (C=O) groups is 1. The molecular formula is C17H27F6NO3. The molecule has 3 N–H and O–H groups in total. The molecule has 0 radical (unpaired) electrons. The third-order valence-corrected chi connectivity index (χ3v) is 5.73. The van der Waals surface area contributed by atoms with Crippen LogP contribution in [0.15, 0.2) is 0 Å². The van der Waals surface area contributed by atoms with E-state index in [0.29, 0.717) is 13.3 Å². The van der Waals surface area contributed by atoms with E-state index < -0.39 is 59.7 Å². The van der Waals surface area contributed by atoms with Crippen LogP contribution in [0.4, 0.5) is 26.3 Å². The molecule has 0 aromatic rings. The number of hydrogen-bond acceptors (Lipinski definition) is 3. The Balaban J connectivity index is 3.12. The van der Waals surface area contributed by atoms with Crippen LogP contribution in [0.25, 0.3) is 0 Å². The molecule has 4 nitrogen and oxygen atoms in total. The van der Waals surface area contributed by atoms with Crippen molar-refractivity contribution in [2.24, 2.45) is 17.3 Å². The maximum absolute atomic E-state index is 13.2. The predicted molar refractivity (Wildman–Crippen MR) is 85.6 cm³/mol. The van der Waals surface area contributed by atoms with Crippen molar-refractivity contribution in [3.8, 4) is 0 Å². The number of halogens is 6. The zero-order valence-electron chi connectivity index (χ0n) is 15.7. The van der Waals surface area contributed by atoms with Gasteiger partial charge in [0.1, 0.15) is 0 Å². The van der Waals surface area contributed by atoms with Crippen LogP contribution in [0.5, 0.6) is 0 Å². The Morgan fingerprint density at radius 3 is 2.00 bits per heavy atom. The Morgan fingerprint density at radius 1 is 1.07 bits per heavy atom. The first-order valence-electron chi connectivity index (χ1n) is 8.78. The predicted octanol–water partition coefficient (Wildman–Crippen LogP) is 3.56. The van der Waals surface area contributed by atoms with Crippen molar-refractivity contribution in [3.05, 3.63) is 0 Å². The van der Waals surface area contributed by atoms with Gasteiger partial charge in [-0.2, -0.15) is 26.3 Å². The van der Waals surface area contributed by atoms with Crippen LogP contribution in [0.1, 0.15) is 53.4 Å². The molecule has 27 heavy (non-hydrogen) atoms. The van der Waals surface area contributed by atoms with Crippen molar-refractivity contribution in [1.82, 2.24) is 5.32 Å². The van der Waals surface area contributed by atoms with Crippen molar-refractivity contribution in [1.29, 1.82) is 0 Å². The molecule has 1 aliphatic rings. The van der Waals surface area contributed by atoms with Gasteiger partial charge >= 0.3 is 12.4 Å². The largest absolute Gasteiger partial charge is 0.417 e. The van der Waals surface area contributed by atoms with E-state index in [1.807, 2.05) is 0 Å². The van der Waals surface area contributed by atoms with Crippen molar-refractivity contribution in [3.63, 3.8) is 0 Å². The van der Waals surface area contributed by atoms with Gasteiger partial charge in [-0.25, -0.2) is 0 Å². The van der Waals surface area contributed by atoms with Gasteiger partial charge in [-0.3, -0.25) is 4.79 Å². The zero-order chi connectivity index (χ0) is 21.4. The summed E-state index contributed by atoms with van der Waals surface area (Å²) in [5, 5.41) is 22.0. The molecule has 160 valence electrons. The number of aliphatic hydroxyl groups excluding tert-OH is 1. The lowest BCUT2D eigenvalue weighted by Gasteiger charge is -2.44. The fraction of sp³-hybridized carbons (Fsp3) is 0.941. The van der Waals surface area contributed by atoms with E-state index in [9.17, 15) is 41.4 Å². The molecule has 5 unspecified atom stereocenters. The van der Waals surface area contributed by atoms with Crippen LogP contribution in [0.3, 0.4) is 0 Å². The molecule has 0 heterocycles. The molecule has 0 aromatic heterocycles. The van der Waals surface area contributed by atoms with Gasteiger partial charge in [0.15, 0.2) is 11.7 Å². The van der Waals surface area contributed by atoms with E-state index >= 15 is 0 Å². The minimum Gasteiger partial charge on any atom is -0.383 e. The summed E-state index contributed by atoms with van der Waals surface area (Å²) in [7, 11) is 0. The van der Waals surface area contributed by atoms with E-state index in [-0.39, 0.29) is 12.8 Å². The number of hydrogen-bond donors (Lipinski definition) is 3. The second-order valence-corrected chi connectivity index (χ2v) is 8.20. The summed E-state index contributed by atoms with van der Waals surface area (Å²) < 4.78 is 78.3. The van der Waals surface area contributed by atoms with E-state index in [4.69, 9.17) is 0 Å². The van der Waals surface area contributed by atoms with Crippen LogP contribution in [0, 0.1) is 17.3 Å². The van der Waals surface area contributed by atoms with Gasteiger partial charge in [0.2, 0.25) is 5.91 Å². The minimum atomic E-state index is -5.06. The Hall–Kier alpha value is -1.03. The van der Waals surface area contributed by atoms with Crippen LogP contribution in [-0.4, -0.2) is 46.2 Å². The average Bonchev–Trinajstić information content (AvgIpc) is 2.51. The summed E-state index contributed by atoms with van der Waals surface area (Å²) in [6, 6.07) is -1.02. The van der Waals surface area contributed by atoms with E-state index in [1.165, 1.54) is 0 Å². The lowest BCUT2D eigenvalue weighted by Crippen LogP contribution is -2.56. The highest BCUT2D eigenvalue weighted by atomic mass is 19.4. The summed E-state index contributed by atoms with van der Waals surface area (Å²) in [4.78, 5) is 12.3. The molecule has 1 aliphatic carbocycles. The van der Waals surface area contributed by atoms with Gasteiger partial charge in [0.05, 0.1) is 0 Å². The highest BCUT2D eigenvalue weighted by Crippen LogP contribution is 2.46. The number of rotatable bonds is 5. The highest BCUT2D eigenvalue weighted by Gasteiger charge is 2.58. The van der Waals surface area contributed by atoms with E-state index in [0.717, 1.165) is 0 Å². The third kappa shape index (κ3) is 5.49. The van der Waals surface area contributed by atoms with Gasteiger partial charge in [-0.15, -0.1) is 0 Å². The maximum atomic E-state index is 13.2. The minimum absolute atomic E-state index is 0.323. The van der Waals surface area contributed by atoms with Crippen LogP contribution < -0.4 is 5.32 Å². The number of aliphatic hydroxyl groups is 2. The smallest absolute Gasteiger partial charge is 0.383 e. The van der Waals surface area contributed by atoms with Gasteiger partial charge in [0, 0.05) is 11.5 Å². The fourth-order valence-corrected chi connectivity index (χ4v) is 3.24. The molecule has 0 spiro atoms. The number of amides is 1. The molecule has 1 saturated carbocycles. The monoisotopic (exact) mass is 407 g/mol. The van der Waals surface area contributed by atoms with Gasteiger partial charge in [-0.1, -0.05) is 20.8 Å². The van der Waals surface area contributed by atoms with E-state index in [2.05, 4.69) is 5.32 Å². The lowest BCUT2D eigenvalue weighted by molar-refractivity contribution is -0.281. The number of nitrogens with one attached hydrogen (secondary N) is 1. The first kappa shape index (κ1) is 24.0. The standard InChI is InChI=1S/C17H27F6NO3/c1-5-14(2,3)13(26)24-11-7-9(12(25)16(18,19)20)6-10(8-11)15(4,27)17(21,22)23/h9-12,25,27H,5-8H2,1-4H3,(H,24,26). The Labute approximate surface area is 154 Å². The first-order valence-corrected chi connectivity index (χ1v) is 8.78. The summed E-state index contributed by atoms with van der Waals surface area (Å²) in [6.07, 6.45) is -13.8. The third-order valence-electron chi connectivity index (χ3n) is 5.73. The second kappa shape index (κ2) is 7.77. The summed E-state index contributed by atoms with van der Waals surface area (Å²) in [5.74, 6) is -3.65. The number of carbonyl (C=O) groups excluding carboxylic acids is 1. The van der Waals surface area contributed by atoms with Gasteiger partial charge in [0.25, 0.3) is 0 Å². The normalized spacial score (nSPS) is 28.4. The highest BCUT2D eigenvalue weighted by molar-refractivity contribution is 5.82. The quantitative estimate of drug-likeness (QED) is 0.611. The average molecular weight is 407 g/mol. The molecule has 0 aromatic carbocycles. The maximum Gasteiger partial charge on any atom is 0.417 e. The zero-order valence-corrected chi connectivity index (χ0v) is 15.7. The van der Waals surface area contributed by atoms with Crippen LogP contribution in [0.2, 0.25) is 0 Å². The molecule has 0 saturated heterocycles. The summed E-state index contributed by atoms with van der Waals surface area (Å²) >= 11 is 0. The van der Waals surface area contributed by atoms with Crippen molar-refractivity contribution in [2.45, 2.75) is 83.5 Å². The Kier molecular flexibility index (Phi) is 6.91. The van der Waals surface area contributed by atoms with Crippen LogP contribution >= 0.6 is 0 Å². The van der Waals surface area contributed by atoms with Gasteiger partial charge in [-0.05, 0) is 44.4 Å². The number of alkyl halides is 6. The van der Waals surface area contributed by atoms with Crippen molar-refractivity contribution in [2.75, 3.05) is 0 Å². The van der Waals surface area contributed by atoms with Crippen molar-refractivity contribution < 1.29 is 41.4 Å². The topological polar surface area (TPSA) is 69.6 Å². The molecule has 0 aliphatic heterocycles. The Bertz CT molecular complexity index is 530. The molecule has 5 atom stereocenters. The molecule has 1 fully saturated rings. The molecular weight excluding hydrogens is 380 g/mol. The van der Waals surface area contributed by atoms with Crippen LogP contribution in [-0.2, 0) is 4.79 Å². The Morgan fingerprint density at radius 2 is 1.59 bits per heavy atom. The van der Waals surface area contributed by atoms with Gasteiger partial charge < -0.3 is 15.5 Å².